The molecular formula is C15H20N4. The van der Waals surface area contributed by atoms with Gasteiger partial charge in [0.15, 0.2) is 0 Å². The summed E-state index contributed by atoms with van der Waals surface area (Å²) in [5.41, 5.74) is 9.14. The molecule has 2 aromatic rings. The molecule has 2 rings (SSSR count). The van der Waals surface area contributed by atoms with E-state index in [1.807, 2.05) is 31.3 Å². The maximum atomic E-state index is 5.76. The minimum absolute atomic E-state index is 0.129. The molecule has 0 aliphatic heterocycles. The molecule has 19 heavy (non-hydrogen) atoms. The van der Waals surface area contributed by atoms with Crippen molar-refractivity contribution >= 4 is 11.6 Å². The van der Waals surface area contributed by atoms with Crippen molar-refractivity contribution in [2.75, 3.05) is 11.9 Å². The van der Waals surface area contributed by atoms with Crippen LogP contribution in [-0.4, -0.2) is 23.1 Å². The molecule has 4 heteroatoms. The number of aromatic nitrogens is 2. The Labute approximate surface area is 114 Å². The fraction of sp³-hybridized carbons (Fsp3) is 0.333. The van der Waals surface area contributed by atoms with Crippen LogP contribution in [0, 0.1) is 6.92 Å². The molecule has 1 heterocycles. The molecule has 2 N–H and O–H groups in total. The van der Waals surface area contributed by atoms with Crippen molar-refractivity contribution in [3.63, 3.8) is 0 Å². The number of aryl methyl sites for hydroxylation is 1. The molecule has 0 bridgehead atoms. The van der Waals surface area contributed by atoms with Crippen molar-refractivity contribution in [3.8, 4) is 0 Å². The maximum absolute atomic E-state index is 5.76. The number of hydrogen-bond donors (Lipinski definition) is 1. The summed E-state index contributed by atoms with van der Waals surface area (Å²) in [7, 11) is 1.96. The topological polar surface area (TPSA) is 55.0 Å². The van der Waals surface area contributed by atoms with Crippen LogP contribution in [0.25, 0.3) is 0 Å². The highest BCUT2D eigenvalue weighted by atomic mass is 15.2. The third-order valence-electron chi connectivity index (χ3n) is 2.97. The molecule has 0 amide bonds. The van der Waals surface area contributed by atoms with Gasteiger partial charge in [0.1, 0.15) is 0 Å². The van der Waals surface area contributed by atoms with Gasteiger partial charge in [0.2, 0.25) is 5.95 Å². The Morgan fingerprint density at radius 3 is 2.26 bits per heavy atom. The molecule has 4 nitrogen and oxygen atoms in total. The lowest BCUT2D eigenvalue weighted by atomic mass is 10.1. The molecule has 1 atom stereocenters. The van der Waals surface area contributed by atoms with Crippen LogP contribution in [0.4, 0.5) is 11.6 Å². The number of nitrogens with two attached hydrogens (primary N) is 1. The summed E-state index contributed by atoms with van der Waals surface area (Å²) in [6.45, 7) is 4.05. The highest BCUT2D eigenvalue weighted by Gasteiger charge is 2.07. The van der Waals surface area contributed by atoms with Gasteiger partial charge >= 0.3 is 0 Å². The third-order valence-corrected chi connectivity index (χ3v) is 2.97. The second kappa shape index (κ2) is 5.80. The zero-order valence-electron chi connectivity index (χ0n) is 11.7. The van der Waals surface area contributed by atoms with E-state index in [1.54, 1.807) is 0 Å². The summed E-state index contributed by atoms with van der Waals surface area (Å²) in [5, 5.41) is 0. The SMILES string of the molecule is Cc1ccc(N(C)c2ncc(CC(C)N)cn2)cc1. The van der Waals surface area contributed by atoms with E-state index >= 15 is 0 Å². The van der Waals surface area contributed by atoms with Crippen molar-refractivity contribution in [2.45, 2.75) is 26.3 Å². The zero-order chi connectivity index (χ0) is 13.8. The van der Waals surface area contributed by atoms with Gasteiger partial charge in [-0.1, -0.05) is 17.7 Å². The lowest BCUT2D eigenvalue weighted by Gasteiger charge is -2.17. The number of rotatable bonds is 4. The van der Waals surface area contributed by atoms with Crippen LogP contribution in [0.5, 0.6) is 0 Å². The number of benzene rings is 1. The molecule has 100 valence electrons. The van der Waals surface area contributed by atoms with Gasteiger partial charge in [-0.15, -0.1) is 0 Å². The first-order valence-electron chi connectivity index (χ1n) is 6.43. The average Bonchev–Trinajstić information content (AvgIpc) is 2.39. The van der Waals surface area contributed by atoms with Crippen LogP contribution >= 0.6 is 0 Å². The Balaban J connectivity index is 2.15. The summed E-state index contributed by atoms with van der Waals surface area (Å²) in [4.78, 5) is 10.7. The molecule has 0 saturated carbocycles. The first-order chi connectivity index (χ1) is 9.06. The molecule has 0 radical (unpaired) electrons. The van der Waals surface area contributed by atoms with Gasteiger partial charge in [-0.25, -0.2) is 9.97 Å². The summed E-state index contributed by atoms with van der Waals surface area (Å²) in [6, 6.07) is 8.42. The quantitative estimate of drug-likeness (QED) is 0.913. The number of anilines is 2. The molecule has 0 spiro atoms. The lowest BCUT2D eigenvalue weighted by molar-refractivity contribution is 0.732. The maximum Gasteiger partial charge on any atom is 0.229 e. The first-order valence-corrected chi connectivity index (χ1v) is 6.43. The average molecular weight is 256 g/mol. The molecule has 0 aliphatic carbocycles. The first kappa shape index (κ1) is 13.5. The molecule has 0 fully saturated rings. The van der Waals surface area contributed by atoms with Crippen LogP contribution in [0.2, 0.25) is 0 Å². The van der Waals surface area contributed by atoms with Crippen LogP contribution in [0.1, 0.15) is 18.1 Å². The van der Waals surface area contributed by atoms with Gasteiger partial charge < -0.3 is 10.6 Å². The van der Waals surface area contributed by atoms with Crippen LogP contribution in [-0.2, 0) is 6.42 Å². The van der Waals surface area contributed by atoms with E-state index in [0.717, 1.165) is 17.7 Å². The molecule has 1 aromatic carbocycles. The Hall–Kier alpha value is -1.94. The van der Waals surface area contributed by atoms with Gasteiger partial charge in [-0.3, -0.25) is 0 Å². The Bertz CT molecular complexity index is 517. The third kappa shape index (κ3) is 3.51. The Morgan fingerprint density at radius 1 is 1.16 bits per heavy atom. The molecule has 0 aliphatic rings. The fourth-order valence-corrected chi connectivity index (χ4v) is 1.88. The minimum Gasteiger partial charge on any atom is -0.328 e. The van der Waals surface area contributed by atoms with Gasteiger partial charge in [0, 0.05) is 31.2 Å². The monoisotopic (exact) mass is 256 g/mol. The summed E-state index contributed by atoms with van der Waals surface area (Å²) >= 11 is 0. The van der Waals surface area contributed by atoms with E-state index in [9.17, 15) is 0 Å². The summed E-state index contributed by atoms with van der Waals surface area (Å²) < 4.78 is 0. The van der Waals surface area contributed by atoms with E-state index in [4.69, 9.17) is 5.73 Å². The van der Waals surface area contributed by atoms with Crippen LogP contribution in [0.3, 0.4) is 0 Å². The van der Waals surface area contributed by atoms with Crippen molar-refractivity contribution in [1.82, 2.24) is 9.97 Å². The largest absolute Gasteiger partial charge is 0.328 e. The van der Waals surface area contributed by atoms with Crippen molar-refractivity contribution in [1.29, 1.82) is 0 Å². The fourth-order valence-electron chi connectivity index (χ4n) is 1.88. The number of hydrogen-bond acceptors (Lipinski definition) is 4. The Kier molecular flexibility index (Phi) is 4.12. The van der Waals surface area contributed by atoms with Gasteiger partial charge in [0.05, 0.1) is 0 Å². The Morgan fingerprint density at radius 2 is 1.74 bits per heavy atom. The number of nitrogens with zero attached hydrogens (tertiary/aromatic N) is 3. The second-order valence-electron chi connectivity index (χ2n) is 4.97. The van der Waals surface area contributed by atoms with E-state index in [2.05, 4.69) is 41.2 Å². The predicted octanol–water partition coefficient (Wildman–Crippen LogP) is 2.44. The van der Waals surface area contributed by atoms with E-state index in [0.29, 0.717) is 5.95 Å². The van der Waals surface area contributed by atoms with E-state index in [1.165, 1.54) is 5.56 Å². The van der Waals surface area contributed by atoms with E-state index in [-0.39, 0.29) is 6.04 Å². The van der Waals surface area contributed by atoms with Crippen molar-refractivity contribution in [3.05, 3.63) is 47.8 Å². The van der Waals surface area contributed by atoms with Crippen molar-refractivity contribution in [2.24, 2.45) is 5.73 Å². The van der Waals surface area contributed by atoms with Gasteiger partial charge in [0.25, 0.3) is 0 Å². The molecule has 1 aromatic heterocycles. The lowest BCUT2D eigenvalue weighted by Crippen LogP contribution is -2.18. The highest BCUT2D eigenvalue weighted by Crippen LogP contribution is 2.20. The summed E-state index contributed by atoms with van der Waals surface area (Å²) in [5.74, 6) is 0.692. The molecular weight excluding hydrogens is 236 g/mol. The van der Waals surface area contributed by atoms with E-state index < -0.39 is 0 Å². The van der Waals surface area contributed by atoms with Gasteiger partial charge in [-0.05, 0) is 38.0 Å². The molecule has 0 saturated heterocycles. The van der Waals surface area contributed by atoms with Crippen molar-refractivity contribution < 1.29 is 0 Å². The predicted molar refractivity (Wildman–Crippen MR) is 78.6 cm³/mol. The summed E-state index contributed by atoms with van der Waals surface area (Å²) in [6.07, 6.45) is 4.49. The second-order valence-corrected chi connectivity index (χ2v) is 4.97. The van der Waals surface area contributed by atoms with Gasteiger partial charge in [-0.2, -0.15) is 0 Å². The minimum atomic E-state index is 0.129. The smallest absolute Gasteiger partial charge is 0.229 e. The van der Waals surface area contributed by atoms with Crippen LogP contribution in [0.15, 0.2) is 36.7 Å². The van der Waals surface area contributed by atoms with Crippen LogP contribution < -0.4 is 10.6 Å². The zero-order valence-corrected chi connectivity index (χ0v) is 11.7. The normalized spacial score (nSPS) is 12.2. The molecule has 1 unspecified atom stereocenters. The highest BCUT2D eigenvalue weighted by molar-refractivity contribution is 5.56. The standard InChI is InChI=1S/C15H20N4/c1-11-4-6-14(7-5-11)19(3)15-17-9-13(10-18-15)8-12(2)16/h4-7,9-10,12H,8,16H2,1-3H3.